The van der Waals surface area contributed by atoms with E-state index in [9.17, 15) is 0 Å². The number of methoxy groups -OCH3 is 1. The topological polar surface area (TPSA) is 79.0 Å². The van der Waals surface area contributed by atoms with Crippen molar-refractivity contribution in [3.05, 3.63) is 53.2 Å². The zero-order valence-electron chi connectivity index (χ0n) is 14.9. The quantitative estimate of drug-likeness (QED) is 0.801. The molecule has 1 atom stereocenters. The summed E-state index contributed by atoms with van der Waals surface area (Å²) < 4.78 is 16.8. The Kier molecular flexibility index (Phi) is 3.63. The molecular weight excluding hydrogens is 330 g/mol. The van der Waals surface area contributed by atoms with E-state index in [1.165, 1.54) is 0 Å². The third kappa shape index (κ3) is 2.57. The van der Waals surface area contributed by atoms with Gasteiger partial charge in [-0.25, -0.2) is 9.98 Å². The highest BCUT2D eigenvalue weighted by Crippen LogP contribution is 2.49. The Morgan fingerprint density at radius 1 is 1.27 bits per heavy atom. The SMILES string of the molecule is COC(C)(C)C#Cc1cnc2c(c1)[C@]1(COC(N)=N1)c1ccccc1O2. The van der Waals surface area contributed by atoms with E-state index in [1.807, 2.05) is 44.2 Å². The van der Waals surface area contributed by atoms with Crippen LogP contribution in [0.25, 0.3) is 0 Å². The molecule has 6 nitrogen and oxygen atoms in total. The largest absolute Gasteiger partial charge is 0.462 e. The first-order valence-electron chi connectivity index (χ1n) is 8.28. The van der Waals surface area contributed by atoms with Crippen LogP contribution >= 0.6 is 0 Å². The Morgan fingerprint density at radius 2 is 2.08 bits per heavy atom. The van der Waals surface area contributed by atoms with Crippen molar-refractivity contribution < 1.29 is 14.2 Å². The van der Waals surface area contributed by atoms with Crippen molar-refractivity contribution in [3.8, 4) is 23.5 Å². The van der Waals surface area contributed by atoms with Crippen LogP contribution in [0.3, 0.4) is 0 Å². The second-order valence-corrected chi connectivity index (χ2v) is 6.74. The highest BCUT2D eigenvalue weighted by molar-refractivity contribution is 5.76. The van der Waals surface area contributed by atoms with Crippen LogP contribution in [0.2, 0.25) is 0 Å². The average molecular weight is 349 g/mol. The number of aliphatic imine (C=N–C) groups is 1. The molecule has 0 radical (unpaired) electrons. The smallest absolute Gasteiger partial charge is 0.283 e. The van der Waals surface area contributed by atoms with Crippen molar-refractivity contribution in [2.24, 2.45) is 10.7 Å². The van der Waals surface area contributed by atoms with Crippen LogP contribution in [0.1, 0.15) is 30.5 Å². The minimum absolute atomic E-state index is 0.157. The van der Waals surface area contributed by atoms with E-state index in [4.69, 9.17) is 19.9 Å². The number of nitrogens with zero attached hydrogens (tertiary/aromatic N) is 2. The maximum absolute atomic E-state index is 5.97. The summed E-state index contributed by atoms with van der Waals surface area (Å²) in [6, 6.07) is 9.80. The molecule has 0 unspecified atom stereocenters. The standard InChI is InChI=1S/C20H19N3O3/c1-19(2,24-3)9-8-13-10-15-17(22-11-13)26-16-7-5-4-6-14(16)20(15)12-25-18(21)23-20/h4-7,10-11H,12H2,1-3H3,(H2,21,23)/t20-/m0/s1. The monoisotopic (exact) mass is 349 g/mol. The van der Waals surface area contributed by atoms with Gasteiger partial charge in [0.15, 0.2) is 5.54 Å². The van der Waals surface area contributed by atoms with Crippen LogP contribution in [-0.4, -0.2) is 30.3 Å². The number of amidine groups is 1. The van der Waals surface area contributed by atoms with Gasteiger partial charge in [-0.2, -0.15) is 0 Å². The molecular formula is C20H19N3O3. The van der Waals surface area contributed by atoms with Crippen molar-refractivity contribution in [2.75, 3.05) is 13.7 Å². The van der Waals surface area contributed by atoms with Gasteiger partial charge in [-0.3, -0.25) is 0 Å². The molecule has 0 aliphatic carbocycles. The van der Waals surface area contributed by atoms with E-state index in [1.54, 1.807) is 13.3 Å². The molecule has 1 aromatic carbocycles. The van der Waals surface area contributed by atoms with E-state index in [0.717, 1.165) is 16.7 Å². The number of aromatic nitrogens is 1. The fourth-order valence-electron chi connectivity index (χ4n) is 3.03. The van der Waals surface area contributed by atoms with Gasteiger partial charge in [0, 0.05) is 24.4 Å². The zero-order chi connectivity index (χ0) is 18.4. The Labute approximate surface area is 152 Å². The van der Waals surface area contributed by atoms with Gasteiger partial charge < -0.3 is 19.9 Å². The molecule has 1 aromatic heterocycles. The maximum atomic E-state index is 5.97. The molecule has 6 heteroatoms. The molecule has 2 N–H and O–H groups in total. The van der Waals surface area contributed by atoms with Gasteiger partial charge in [0.2, 0.25) is 5.88 Å². The molecule has 2 aliphatic heterocycles. The lowest BCUT2D eigenvalue weighted by molar-refractivity contribution is 0.0742. The highest BCUT2D eigenvalue weighted by atomic mass is 16.5. The lowest BCUT2D eigenvalue weighted by Gasteiger charge is -2.32. The number of rotatable bonds is 1. The van der Waals surface area contributed by atoms with E-state index < -0.39 is 11.1 Å². The molecule has 26 heavy (non-hydrogen) atoms. The van der Waals surface area contributed by atoms with E-state index in [0.29, 0.717) is 18.2 Å². The molecule has 0 saturated carbocycles. The lowest BCUT2D eigenvalue weighted by Crippen LogP contribution is -2.31. The van der Waals surface area contributed by atoms with Gasteiger partial charge in [0.25, 0.3) is 6.02 Å². The lowest BCUT2D eigenvalue weighted by atomic mass is 9.82. The number of hydrogen-bond donors (Lipinski definition) is 1. The van der Waals surface area contributed by atoms with Crippen molar-refractivity contribution >= 4 is 6.02 Å². The fourth-order valence-corrected chi connectivity index (χ4v) is 3.03. The first-order chi connectivity index (χ1) is 12.4. The van der Waals surface area contributed by atoms with E-state index >= 15 is 0 Å². The molecule has 0 fully saturated rings. The van der Waals surface area contributed by atoms with Crippen LogP contribution < -0.4 is 10.5 Å². The Morgan fingerprint density at radius 3 is 2.81 bits per heavy atom. The number of benzene rings is 1. The Balaban J connectivity index is 1.87. The van der Waals surface area contributed by atoms with E-state index in [2.05, 4.69) is 21.8 Å². The summed E-state index contributed by atoms with van der Waals surface area (Å²) in [5.74, 6) is 7.40. The third-order valence-electron chi connectivity index (χ3n) is 4.58. The molecule has 2 aliphatic rings. The summed E-state index contributed by atoms with van der Waals surface area (Å²) >= 11 is 0. The number of ether oxygens (including phenoxy) is 3. The number of nitrogens with two attached hydrogens (primary N) is 1. The number of para-hydroxylation sites is 1. The Bertz CT molecular complexity index is 972. The predicted octanol–water partition coefficient (Wildman–Crippen LogP) is 2.55. The molecule has 0 saturated heterocycles. The van der Waals surface area contributed by atoms with Crippen molar-refractivity contribution in [1.82, 2.24) is 4.98 Å². The van der Waals surface area contributed by atoms with E-state index in [-0.39, 0.29) is 6.02 Å². The van der Waals surface area contributed by atoms with Crippen molar-refractivity contribution in [3.63, 3.8) is 0 Å². The van der Waals surface area contributed by atoms with Gasteiger partial charge in [-0.05, 0) is 26.0 Å². The molecule has 1 spiro atoms. The van der Waals surface area contributed by atoms with Crippen molar-refractivity contribution in [2.45, 2.75) is 25.0 Å². The number of fused-ring (bicyclic) bond motifs is 4. The van der Waals surface area contributed by atoms with Crippen molar-refractivity contribution in [1.29, 1.82) is 0 Å². The summed E-state index contributed by atoms with van der Waals surface area (Å²) in [5.41, 5.74) is 6.97. The van der Waals surface area contributed by atoms with Gasteiger partial charge in [-0.1, -0.05) is 30.0 Å². The normalized spacial score (nSPS) is 20.2. The minimum atomic E-state index is -0.768. The second-order valence-electron chi connectivity index (χ2n) is 6.74. The minimum Gasteiger partial charge on any atom is -0.462 e. The number of hydrogen-bond acceptors (Lipinski definition) is 6. The van der Waals surface area contributed by atoms with Gasteiger partial charge >= 0.3 is 0 Å². The molecule has 132 valence electrons. The maximum Gasteiger partial charge on any atom is 0.283 e. The summed E-state index contributed by atoms with van der Waals surface area (Å²) in [6.45, 7) is 4.11. The van der Waals surface area contributed by atoms with Crippen LogP contribution in [0.4, 0.5) is 0 Å². The molecule has 0 bridgehead atoms. The molecule has 4 rings (SSSR count). The molecule has 2 aromatic rings. The van der Waals surface area contributed by atoms with Crippen LogP contribution in [0.15, 0.2) is 41.5 Å². The molecule has 3 heterocycles. The van der Waals surface area contributed by atoms with Crippen LogP contribution in [0, 0.1) is 11.8 Å². The first-order valence-corrected chi connectivity index (χ1v) is 8.28. The summed E-state index contributed by atoms with van der Waals surface area (Å²) in [7, 11) is 1.63. The summed E-state index contributed by atoms with van der Waals surface area (Å²) in [4.78, 5) is 9.07. The summed E-state index contributed by atoms with van der Waals surface area (Å²) in [5, 5.41) is 0. The molecule has 0 amide bonds. The highest BCUT2D eigenvalue weighted by Gasteiger charge is 2.47. The number of pyridine rings is 1. The van der Waals surface area contributed by atoms with Crippen LogP contribution in [0.5, 0.6) is 11.6 Å². The zero-order valence-corrected chi connectivity index (χ0v) is 14.9. The van der Waals surface area contributed by atoms with Gasteiger partial charge in [0.1, 0.15) is 18.0 Å². The van der Waals surface area contributed by atoms with Gasteiger partial charge in [0.05, 0.1) is 5.56 Å². The van der Waals surface area contributed by atoms with Crippen LogP contribution in [-0.2, 0) is 15.0 Å². The second kappa shape index (κ2) is 5.75. The van der Waals surface area contributed by atoms with Gasteiger partial charge in [-0.15, -0.1) is 0 Å². The fraction of sp³-hybridized carbons (Fsp3) is 0.300. The predicted molar refractivity (Wildman–Crippen MR) is 97.1 cm³/mol. The first kappa shape index (κ1) is 16.4. The summed E-state index contributed by atoms with van der Waals surface area (Å²) in [6.07, 6.45) is 1.68. The Hall–Kier alpha value is -3.04. The average Bonchev–Trinajstić information content (AvgIpc) is 3.03. The third-order valence-corrected chi connectivity index (χ3v) is 4.58.